The quantitative estimate of drug-likeness (QED) is 0.881. The van der Waals surface area contributed by atoms with Crippen molar-refractivity contribution >= 4 is 21.9 Å². The van der Waals surface area contributed by atoms with Crippen molar-refractivity contribution in [2.75, 3.05) is 0 Å². The summed E-state index contributed by atoms with van der Waals surface area (Å²) in [6.45, 7) is 0. The Balaban J connectivity index is 2.43. The van der Waals surface area contributed by atoms with Crippen molar-refractivity contribution < 1.29 is 9.90 Å². The minimum atomic E-state index is -0.753. The second-order valence-electron chi connectivity index (χ2n) is 3.63. The molecule has 0 saturated heterocycles. The SMILES string of the molecule is O=C(O)Cc1cc(Br)cc2c1CCC2. The van der Waals surface area contributed by atoms with Crippen LogP contribution in [0.15, 0.2) is 16.6 Å². The van der Waals surface area contributed by atoms with Gasteiger partial charge in [-0.15, -0.1) is 0 Å². The first-order valence-corrected chi connectivity index (χ1v) is 5.48. The molecule has 3 heteroatoms. The monoisotopic (exact) mass is 254 g/mol. The molecular weight excluding hydrogens is 244 g/mol. The van der Waals surface area contributed by atoms with Gasteiger partial charge in [-0.05, 0) is 48.1 Å². The average molecular weight is 255 g/mol. The number of hydrogen-bond donors (Lipinski definition) is 1. The number of aliphatic carboxylic acids is 1. The van der Waals surface area contributed by atoms with E-state index in [1.807, 2.05) is 6.07 Å². The second kappa shape index (κ2) is 3.73. The first-order chi connectivity index (χ1) is 6.66. The molecule has 0 spiro atoms. The van der Waals surface area contributed by atoms with Gasteiger partial charge in [0.15, 0.2) is 0 Å². The van der Waals surface area contributed by atoms with Gasteiger partial charge in [0.1, 0.15) is 0 Å². The first kappa shape index (κ1) is 9.71. The summed E-state index contributed by atoms with van der Waals surface area (Å²) < 4.78 is 0.995. The molecule has 2 rings (SSSR count). The van der Waals surface area contributed by atoms with Gasteiger partial charge >= 0.3 is 5.97 Å². The molecule has 0 unspecified atom stereocenters. The zero-order valence-electron chi connectivity index (χ0n) is 7.72. The third kappa shape index (κ3) is 1.82. The Hall–Kier alpha value is -0.830. The first-order valence-electron chi connectivity index (χ1n) is 4.69. The Kier molecular flexibility index (Phi) is 2.59. The number of benzene rings is 1. The predicted octanol–water partition coefficient (Wildman–Crippen LogP) is 2.56. The summed E-state index contributed by atoms with van der Waals surface area (Å²) in [5.41, 5.74) is 3.55. The van der Waals surface area contributed by atoms with Crippen molar-refractivity contribution in [3.05, 3.63) is 33.3 Å². The van der Waals surface area contributed by atoms with Crippen LogP contribution in [0.4, 0.5) is 0 Å². The lowest BCUT2D eigenvalue weighted by molar-refractivity contribution is -0.136. The third-order valence-corrected chi connectivity index (χ3v) is 3.07. The molecule has 74 valence electrons. The number of carbonyl (C=O) groups is 1. The van der Waals surface area contributed by atoms with Gasteiger partial charge in [0.25, 0.3) is 0 Å². The highest BCUT2D eigenvalue weighted by Crippen LogP contribution is 2.29. The van der Waals surface area contributed by atoms with Crippen LogP contribution >= 0.6 is 15.9 Å². The van der Waals surface area contributed by atoms with Crippen LogP contribution < -0.4 is 0 Å². The number of halogens is 1. The Morgan fingerprint density at radius 2 is 2.21 bits per heavy atom. The van der Waals surface area contributed by atoms with E-state index in [1.54, 1.807) is 0 Å². The Labute approximate surface area is 91.1 Å². The lowest BCUT2D eigenvalue weighted by atomic mass is 10.0. The Morgan fingerprint density at radius 3 is 2.93 bits per heavy atom. The number of hydrogen-bond acceptors (Lipinski definition) is 1. The molecule has 1 aromatic rings. The molecule has 0 fully saturated rings. The summed E-state index contributed by atoms with van der Waals surface area (Å²) in [5, 5.41) is 8.77. The van der Waals surface area contributed by atoms with E-state index in [0.29, 0.717) is 0 Å². The summed E-state index contributed by atoms with van der Waals surface area (Å²) in [4.78, 5) is 10.7. The largest absolute Gasteiger partial charge is 0.481 e. The Bertz CT molecular complexity index is 385. The molecule has 0 radical (unpaired) electrons. The van der Waals surface area contributed by atoms with E-state index < -0.39 is 5.97 Å². The number of rotatable bonds is 2. The lowest BCUT2D eigenvalue weighted by Crippen LogP contribution is -2.03. The zero-order chi connectivity index (χ0) is 10.1. The van der Waals surface area contributed by atoms with Gasteiger partial charge in [-0.25, -0.2) is 0 Å². The molecule has 1 aliphatic rings. The number of carboxylic acids is 1. The summed E-state index contributed by atoms with van der Waals surface area (Å²) >= 11 is 3.41. The second-order valence-corrected chi connectivity index (χ2v) is 4.54. The van der Waals surface area contributed by atoms with Gasteiger partial charge in [-0.2, -0.15) is 0 Å². The molecular formula is C11H11BrO2. The van der Waals surface area contributed by atoms with Crippen LogP contribution in [0, 0.1) is 0 Å². The van der Waals surface area contributed by atoms with Gasteiger partial charge in [0.2, 0.25) is 0 Å². The molecule has 0 bridgehead atoms. The van der Waals surface area contributed by atoms with Crippen LogP contribution in [0.5, 0.6) is 0 Å². The van der Waals surface area contributed by atoms with Gasteiger partial charge in [-0.1, -0.05) is 15.9 Å². The average Bonchev–Trinajstić information content (AvgIpc) is 2.50. The molecule has 0 atom stereocenters. The van der Waals surface area contributed by atoms with E-state index in [-0.39, 0.29) is 6.42 Å². The maximum atomic E-state index is 10.7. The maximum Gasteiger partial charge on any atom is 0.307 e. The predicted molar refractivity (Wildman–Crippen MR) is 57.5 cm³/mol. The van der Waals surface area contributed by atoms with E-state index in [0.717, 1.165) is 29.3 Å². The van der Waals surface area contributed by atoms with Crippen molar-refractivity contribution in [3.8, 4) is 0 Å². The standard InChI is InChI=1S/C11H11BrO2/c12-9-4-7-2-1-3-10(7)8(5-9)6-11(13)14/h4-5H,1-3,6H2,(H,13,14). The summed E-state index contributed by atoms with van der Waals surface area (Å²) in [6, 6.07) is 4.03. The minimum Gasteiger partial charge on any atom is -0.481 e. The third-order valence-electron chi connectivity index (χ3n) is 2.61. The molecule has 1 N–H and O–H groups in total. The Morgan fingerprint density at radius 1 is 1.43 bits per heavy atom. The zero-order valence-corrected chi connectivity index (χ0v) is 9.30. The number of aryl methyl sites for hydroxylation is 1. The summed E-state index contributed by atoms with van der Waals surface area (Å²) in [5.74, 6) is -0.753. The van der Waals surface area contributed by atoms with Crippen molar-refractivity contribution in [2.24, 2.45) is 0 Å². The normalized spacial score (nSPS) is 14.1. The van der Waals surface area contributed by atoms with Crippen molar-refractivity contribution in [3.63, 3.8) is 0 Å². The molecule has 0 aliphatic heterocycles. The molecule has 0 aromatic heterocycles. The van der Waals surface area contributed by atoms with E-state index in [4.69, 9.17) is 5.11 Å². The molecule has 2 nitrogen and oxygen atoms in total. The molecule has 1 aliphatic carbocycles. The molecule has 0 amide bonds. The fourth-order valence-corrected chi connectivity index (χ4v) is 2.63. The van der Waals surface area contributed by atoms with Crippen molar-refractivity contribution in [1.82, 2.24) is 0 Å². The fraction of sp³-hybridized carbons (Fsp3) is 0.364. The van der Waals surface area contributed by atoms with Gasteiger partial charge in [-0.3, -0.25) is 4.79 Å². The van der Waals surface area contributed by atoms with E-state index in [9.17, 15) is 4.79 Å². The molecule has 1 aromatic carbocycles. The van der Waals surface area contributed by atoms with Gasteiger partial charge < -0.3 is 5.11 Å². The fourth-order valence-electron chi connectivity index (χ4n) is 2.08. The summed E-state index contributed by atoms with van der Waals surface area (Å²) in [6.07, 6.45) is 3.41. The van der Waals surface area contributed by atoms with Crippen LogP contribution in [0.3, 0.4) is 0 Å². The van der Waals surface area contributed by atoms with E-state index in [1.165, 1.54) is 11.1 Å². The van der Waals surface area contributed by atoms with Crippen molar-refractivity contribution in [2.45, 2.75) is 25.7 Å². The molecule has 0 heterocycles. The van der Waals surface area contributed by atoms with Crippen LogP contribution in [-0.2, 0) is 24.1 Å². The highest BCUT2D eigenvalue weighted by atomic mass is 79.9. The minimum absolute atomic E-state index is 0.141. The topological polar surface area (TPSA) is 37.3 Å². The highest BCUT2D eigenvalue weighted by molar-refractivity contribution is 9.10. The lowest BCUT2D eigenvalue weighted by Gasteiger charge is -2.07. The smallest absolute Gasteiger partial charge is 0.307 e. The van der Waals surface area contributed by atoms with Crippen LogP contribution in [0.25, 0.3) is 0 Å². The van der Waals surface area contributed by atoms with E-state index >= 15 is 0 Å². The highest BCUT2D eigenvalue weighted by Gasteiger charge is 2.16. The van der Waals surface area contributed by atoms with E-state index in [2.05, 4.69) is 22.0 Å². The maximum absolute atomic E-state index is 10.7. The van der Waals surface area contributed by atoms with Crippen LogP contribution in [0.2, 0.25) is 0 Å². The van der Waals surface area contributed by atoms with Crippen molar-refractivity contribution in [1.29, 1.82) is 0 Å². The number of fused-ring (bicyclic) bond motifs is 1. The van der Waals surface area contributed by atoms with Gasteiger partial charge in [0, 0.05) is 4.47 Å². The van der Waals surface area contributed by atoms with Crippen LogP contribution in [0.1, 0.15) is 23.1 Å². The summed E-state index contributed by atoms with van der Waals surface area (Å²) in [7, 11) is 0. The van der Waals surface area contributed by atoms with Gasteiger partial charge in [0.05, 0.1) is 6.42 Å². The number of carboxylic acid groups (broad SMARTS) is 1. The molecule has 0 saturated carbocycles. The van der Waals surface area contributed by atoms with Crippen LogP contribution in [-0.4, -0.2) is 11.1 Å². The molecule has 14 heavy (non-hydrogen) atoms.